The first-order valence-corrected chi connectivity index (χ1v) is 2.74. The predicted octanol–water partition coefficient (Wildman–Crippen LogP) is -4.00. The molecule has 0 heterocycles. The summed E-state index contributed by atoms with van der Waals surface area (Å²) in [5.41, 5.74) is 4.53. The number of carbonyl (C=O) groups excluding carboxylic acids is 1. The third-order valence-corrected chi connectivity index (χ3v) is 0.201. The number of hydrogen-bond acceptors (Lipinski definition) is 3. The molecular weight excluding hydrogens is 153 g/mol. The molecule has 0 bridgehead atoms. The van der Waals surface area contributed by atoms with Gasteiger partial charge in [0.2, 0.25) is 5.91 Å². The van der Waals surface area contributed by atoms with Gasteiger partial charge < -0.3 is 14.8 Å². The summed E-state index contributed by atoms with van der Waals surface area (Å²) in [6.45, 7) is 3.09. The van der Waals surface area contributed by atoms with Gasteiger partial charge in [-0.05, 0) is 6.08 Å². The van der Waals surface area contributed by atoms with Crippen LogP contribution in [0.25, 0.3) is 0 Å². The van der Waals surface area contributed by atoms with E-state index in [4.69, 9.17) is 13.3 Å². The fraction of sp³-hybridized carbons (Fsp3) is 0. The summed E-state index contributed by atoms with van der Waals surface area (Å²) in [6.07, 6.45) is 1.06. The van der Waals surface area contributed by atoms with Crippen molar-refractivity contribution < 1.29 is 37.0 Å². The van der Waals surface area contributed by atoms with E-state index in [9.17, 15) is 4.79 Å². The number of rotatable bonds is 1. The normalized spacial score (nSPS) is 9.40. The second-order valence-corrected chi connectivity index (χ2v) is 1.26. The molecule has 0 radical (unpaired) electrons. The maximum Gasteiger partial charge on any atom is 1.00 e. The largest absolute Gasteiger partial charge is 1.00 e. The van der Waals surface area contributed by atoms with Crippen molar-refractivity contribution >= 4 is 17.3 Å². The van der Waals surface area contributed by atoms with Crippen LogP contribution in [-0.2, 0) is 16.2 Å². The summed E-state index contributed by atoms with van der Waals surface area (Å²) in [5, 5.41) is 0. The topological polar surface area (TPSA) is 103 Å². The van der Waals surface area contributed by atoms with E-state index >= 15 is 0 Å². The Bertz CT molecular complexity index is 124. The molecule has 54 valence electrons. The van der Waals surface area contributed by atoms with Crippen molar-refractivity contribution in [1.82, 2.24) is 0 Å². The Hall–Kier alpha value is -0.123. The van der Waals surface area contributed by atoms with E-state index < -0.39 is 17.3 Å². The fourth-order valence-electron chi connectivity index (χ4n) is 0. The monoisotopic (exact) mass is 159 g/mol. The summed E-state index contributed by atoms with van der Waals surface area (Å²) < 4.78 is 24.1. The zero-order valence-electron chi connectivity index (χ0n) is 5.44. The molecule has 3 N–H and O–H groups in total. The molecule has 0 fully saturated rings. The fourth-order valence-corrected chi connectivity index (χ4v) is 0. The van der Waals surface area contributed by atoms with Crippen LogP contribution in [0.4, 0.5) is 0 Å². The Balaban J connectivity index is -0.0000000910. The minimum Gasteiger partial charge on any atom is -0.750 e. The van der Waals surface area contributed by atoms with Crippen LogP contribution in [-0.4, -0.2) is 19.2 Å². The maximum absolute atomic E-state index is 9.47. The van der Waals surface area contributed by atoms with Gasteiger partial charge in [0, 0.05) is 0 Å². The first kappa shape index (κ1) is 16.5. The molecule has 7 heteroatoms. The summed E-state index contributed by atoms with van der Waals surface area (Å²) in [5.74, 6) is -0.481. The number of primary amides is 1. The first-order chi connectivity index (χ1) is 4.00. The standard InChI is InChI=1S/C3H5NO.Li.H2O3S/c1-2-3(4)5;;1-4(2)3/h2H,1H2,(H2,4,5);;(H2,1,2,3)/q;+1;/p-1. The van der Waals surface area contributed by atoms with E-state index in [2.05, 4.69) is 12.3 Å². The minimum absolute atomic E-state index is 0. The molecule has 0 saturated carbocycles. The van der Waals surface area contributed by atoms with Crippen molar-refractivity contribution in [3.8, 4) is 0 Å². The van der Waals surface area contributed by atoms with Gasteiger partial charge >= 0.3 is 18.9 Å². The van der Waals surface area contributed by atoms with Crippen LogP contribution >= 0.6 is 0 Å². The molecular formula is C3H6LiNO4S. The smallest absolute Gasteiger partial charge is 0.750 e. The average molecular weight is 159 g/mol. The molecule has 1 atom stereocenters. The second kappa shape index (κ2) is 11.6. The Morgan fingerprint density at radius 1 is 1.80 bits per heavy atom. The molecule has 1 amide bonds. The second-order valence-electron chi connectivity index (χ2n) is 0.824. The van der Waals surface area contributed by atoms with Gasteiger partial charge in [-0.1, -0.05) is 6.58 Å². The summed E-state index contributed by atoms with van der Waals surface area (Å²) >= 11 is -2.86. The van der Waals surface area contributed by atoms with Crippen LogP contribution in [0, 0.1) is 0 Å². The maximum atomic E-state index is 9.47. The van der Waals surface area contributed by atoms with Crippen LogP contribution in [0.3, 0.4) is 0 Å². The molecule has 0 aromatic heterocycles. The molecule has 0 aliphatic carbocycles. The van der Waals surface area contributed by atoms with Gasteiger partial charge in [-0.2, -0.15) is 0 Å². The molecule has 0 aliphatic rings. The molecule has 0 rings (SSSR count). The third kappa shape index (κ3) is 106. The van der Waals surface area contributed by atoms with Gasteiger partial charge in [-0.15, -0.1) is 0 Å². The molecule has 0 aromatic rings. The van der Waals surface area contributed by atoms with Crippen LogP contribution in [0.2, 0.25) is 0 Å². The minimum atomic E-state index is -2.86. The van der Waals surface area contributed by atoms with Gasteiger partial charge in [0.25, 0.3) is 0 Å². The Morgan fingerprint density at radius 2 is 1.90 bits per heavy atom. The summed E-state index contributed by atoms with van der Waals surface area (Å²) in [7, 11) is 0. The molecule has 0 aromatic carbocycles. The number of amides is 1. The predicted molar refractivity (Wildman–Crippen MR) is 30.9 cm³/mol. The van der Waals surface area contributed by atoms with E-state index in [0.29, 0.717) is 0 Å². The molecule has 0 saturated heterocycles. The van der Waals surface area contributed by atoms with Crippen LogP contribution < -0.4 is 24.6 Å². The van der Waals surface area contributed by atoms with Crippen LogP contribution in [0.15, 0.2) is 12.7 Å². The number of nitrogens with two attached hydrogens (primary N) is 1. The number of hydrogen-bond donors (Lipinski definition) is 2. The SMILES string of the molecule is C=CC(N)=O.O=S([O-])O.[Li+]. The molecule has 10 heavy (non-hydrogen) atoms. The third-order valence-electron chi connectivity index (χ3n) is 0.201. The van der Waals surface area contributed by atoms with Gasteiger partial charge in [-0.25, -0.2) is 4.21 Å². The average Bonchev–Trinajstić information content (AvgIpc) is 1.65. The van der Waals surface area contributed by atoms with Crippen molar-refractivity contribution in [1.29, 1.82) is 0 Å². The van der Waals surface area contributed by atoms with Gasteiger partial charge in [-0.3, -0.25) is 4.79 Å². The van der Waals surface area contributed by atoms with Crippen molar-refractivity contribution in [3.63, 3.8) is 0 Å². The summed E-state index contributed by atoms with van der Waals surface area (Å²) in [6, 6.07) is 0. The van der Waals surface area contributed by atoms with Crippen molar-refractivity contribution in [2.75, 3.05) is 0 Å². The zero-order valence-corrected chi connectivity index (χ0v) is 6.26. The Morgan fingerprint density at radius 3 is 1.90 bits per heavy atom. The molecule has 0 aliphatic heterocycles. The summed E-state index contributed by atoms with van der Waals surface area (Å²) in [4.78, 5) is 9.47. The van der Waals surface area contributed by atoms with Crippen LogP contribution in [0.1, 0.15) is 0 Å². The first-order valence-electron chi connectivity index (χ1n) is 1.71. The van der Waals surface area contributed by atoms with E-state index in [0.717, 1.165) is 6.08 Å². The number of carbonyl (C=O) groups is 1. The molecule has 0 spiro atoms. The van der Waals surface area contributed by atoms with Gasteiger partial charge in [0.05, 0.1) is 11.4 Å². The Kier molecular flexibility index (Phi) is 19.2. The van der Waals surface area contributed by atoms with E-state index in [1.807, 2.05) is 0 Å². The van der Waals surface area contributed by atoms with E-state index in [1.165, 1.54) is 0 Å². The van der Waals surface area contributed by atoms with Crippen molar-refractivity contribution in [2.24, 2.45) is 5.73 Å². The van der Waals surface area contributed by atoms with Gasteiger partial charge in [0.15, 0.2) is 0 Å². The van der Waals surface area contributed by atoms with E-state index in [1.54, 1.807) is 0 Å². The van der Waals surface area contributed by atoms with Gasteiger partial charge in [0.1, 0.15) is 0 Å². The van der Waals surface area contributed by atoms with Crippen LogP contribution in [0.5, 0.6) is 0 Å². The molecule has 1 unspecified atom stereocenters. The quantitative estimate of drug-likeness (QED) is 0.231. The van der Waals surface area contributed by atoms with E-state index in [-0.39, 0.29) is 18.9 Å². The van der Waals surface area contributed by atoms with Crippen molar-refractivity contribution in [3.05, 3.63) is 12.7 Å². The Labute approximate surface area is 73.0 Å². The van der Waals surface area contributed by atoms with Crippen molar-refractivity contribution in [2.45, 2.75) is 0 Å². The molecule has 5 nitrogen and oxygen atoms in total. The zero-order chi connectivity index (χ0) is 7.86.